The van der Waals surface area contributed by atoms with Crippen LogP contribution in [0.15, 0.2) is 42.6 Å². The first-order valence-electron chi connectivity index (χ1n) is 4.44. The van der Waals surface area contributed by atoms with Crippen LogP contribution in [-0.4, -0.2) is 9.97 Å². The van der Waals surface area contributed by atoms with Gasteiger partial charge in [0.15, 0.2) is 0 Å². The van der Waals surface area contributed by atoms with Crippen LogP contribution in [0.3, 0.4) is 0 Å². The van der Waals surface area contributed by atoms with E-state index in [1.165, 1.54) is 0 Å². The van der Waals surface area contributed by atoms with E-state index in [-0.39, 0.29) is 5.82 Å². The second-order valence-corrected chi connectivity index (χ2v) is 2.87. The number of aromatic nitrogens is 2. The summed E-state index contributed by atoms with van der Waals surface area (Å²) >= 11 is 0. The molecule has 0 aliphatic heterocycles. The van der Waals surface area contributed by atoms with Gasteiger partial charge in [-0.05, 0) is 18.2 Å². The number of rotatable bonds is 2. The van der Waals surface area contributed by atoms with Crippen LogP contribution in [0.1, 0.15) is 5.82 Å². The molecular formula is C11H8N4. The monoisotopic (exact) mass is 196 g/mol. The Balaban J connectivity index is 2.22. The van der Waals surface area contributed by atoms with Gasteiger partial charge in [-0.1, -0.05) is 18.2 Å². The van der Waals surface area contributed by atoms with Crippen molar-refractivity contribution in [3.63, 3.8) is 0 Å². The molecule has 72 valence electrons. The third kappa shape index (κ3) is 2.29. The summed E-state index contributed by atoms with van der Waals surface area (Å²) in [5.41, 5.74) is 0.931. The second-order valence-electron chi connectivity index (χ2n) is 2.87. The van der Waals surface area contributed by atoms with Gasteiger partial charge in [0.2, 0.25) is 5.82 Å². The average Bonchev–Trinajstić information content (AvgIpc) is 2.31. The Morgan fingerprint density at radius 1 is 1.13 bits per heavy atom. The molecule has 1 heterocycles. The molecule has 2 aromatic rings. The Bertz CT molecular complexity index is 487. The molecule has 1 N–H and O–H groups in total. The van der Waals surface area contributed by atoms with Gasteiger partial charge in [0.25, 0.3) is 0 Å². The molecule has 0 saturated carbocycles. The molecule has 4 heteroatoms. The standard InChI is InChI=1S/C11H8N4/c12-8-11-13-7-6-10(15-11)14-9-4-2-1-3-5-9/h1-7H,(H,13,14,15). The molecule has 0 atom stereocenters. The third-order valence-corrected chi connectivity index (χ3v) is 1.80. The number of benzene rings is 1. The Morgan fingerprint density at radius 2 is 1.93 bits per heavy atom. The topological polar surface area (TPSA) is 61.6 Å². The van der Waals surface area contributed by atoms with E-state index in [4.69, 9.17) is 5.26 Å². The molecule has 15 heavy (non-hydrogen) atoms. The van der Waals surface area contributed by atoms with Gasteiger partial charge in [-0.3, -0.25) is 0 Å². The SMILES string of the molecule is N#Cc1nccc(Nc2ccccc2)n1. The van der Waals surface area contributed by atoms with E-state index in [0.717, 1.165) is 5.69 Å². The number of nitrogens with zero attached hydrogens (tertiary/aromatic N) is 3. The first-order chi connectivity index (χ1) is 7.38. The average molecular weight is 196 g/mol. The van der Waals surface area contributed by atoms with Crippen LogP contribution in [0.5, 0.6) is 0 Å². The minimum atomic E-state index is 0.163. The van der Waals surface area contributed by atoms with E-state index >= 15 is 0 Å². The lowest BCUT2D eigenvalue weighted by Gasteiger charge is -2.03. The first-order valence-corrected chi connectivity index (χ1v) is 4.44. The number of hydrogen-bond donors (Lipinski definition) is 1. The van der Waals surface area contributed by atoms with Gasteiger partial charge in [-0.15, -0.1) is 0 Å². The fourth-order valence-electron chi connectivity index (χ4n) is 1.15. The second kappa shape index (κ2) is 4.20. The molecule has 0 aliphatic carbocycles. The largest absolute Gasteiger partial charge is 0.340 e. The summed E-state index contributed by atoms with van der Waals surface area (Å²) in [5.74, 6) is 0.781. The summed E-state index contributed by atoms with van der Waals surface area (Å²) < 4.78 is 0. The summed E-state index contributed by atoms with van der Waals surface area (Å²) in [6, 6.07) is 13.2. The molecule has 0 unspecified atom stereocenters. The number of anilines is 2. The Hall–Kier alpha value is -2.41. The molecule has 1 aromatic heterocycles. The smallest absolute Gasteiger partial charge is 0.234 e. The van der Waals surface area contributed by atoms with Crippen LogP contribution in [0.4, 0.5) is 11.5 Å². The molecule has 2 rings (SSSR count). The van der Waals surface area contributed by atoms with Crippen LogP contribution in [0, 0.1) is 11.3 Å². The van der Waals surface area contributed by atoms with Crippen LogP contribution in [0.25, 0.3) is 0 Å². The normalized spacial score (nSPS) is 9.27. The number of para-hydroxylation sites is 1. The molecule has 4 nitrogen and oxygen atoms in total. The highest BCUT2D eigenvalue weighted by atomic mass is 15.0. The summed E-state index contributed by atoms with van der Waals surface area (Å²) in [5, 5.41) is 11.7. The van der Waals surface area contributed by atoms with Gasteiger partial charge < -0.3 is 5.32 Å². The van der Waals surface area contributed by atoms with Crippen molar-refractivity contribution in [1.82, 2.24) is 9.97 Å². The minimum Gasteiger partial charge on any atom is -0.340 e. The molecule has 0 amide bonds. The number of nitrogens with one attached hydrogen (secondary N) is 1. The lowest BCUT2D eigenvalue weighted by Crippen LogP contribution is -1.96. The molecule has 0 saturated heterocycles. The molecule has 0 spiro atoms. The highest BCUT2D eigenvalue weighted by Gasteiger charge is 1.97. The van der Waals surface area contributed by atoms with Crippen molar-refractivity contribution >= 4 is 11.5 Å². The molecule has 1 aromatic carbocycles. The van der Waals surface area contributed by atoms with Gasteiger partial charge in [0.1, 0.15) is 11.9 Å². The highest BCUT2D eigenvalue weighted by molar-refractivity contribution is 5.55. The molecular weight excluding hydrogens is 188 g/mol. The van der Waals surface area contributed by atoms with Crippen molar-refractivity contribution in [2.24, 2.45) is 0 Å². The van der Waals surface area contributed by atoms with Crippen molar-refractivity contribution in [2.75, 3.05) is 5.32 Å². The summed E-state index contributed by atoms with van der Waals surface area (Å²) in [4.78, 5) is 7.79. The molecule has 0 radical (unpaired) electrons. The maximum Gasteiger partial charge on any atom is 0.234 e. The van der Waals surface area contributed by atoms with E-state index in [9.17, 15) is 0 Å². The van der Waals surface area contributed by atoms with Gasteiger partial charge >= 0.3 is 0 Å². The molecule has 0 aliphatic rings. The van der Waals surface area contributed by atoms with Crippen molar-refractivity contribution in [3.05, 3.63) is 48.4 Å². The van der Waals surface area contributed by atoms with Gasteiger partial charge in [0, 0.05) is 11.9 Å². The van der Waals surface area contributed by atoms with Crippen molar-refractivity contribution in [2.45, 2.75) is 0 Å². The van der Waals surface area contributed by atoms with Crippen molar-refractivity contribution in [3.8, 4) is 6.07 Å². The van der Waals surface area contributed by atoms with E-state index in [0.29, 0.717) is 5.82 Å². The predicted octanol–water partition coefficient (Wildman–Crippen LogP) is 2.09. The zero-order chi connectivity index (χ0) is 10.5. The fourth-order valence-corrected chi connectivity index (χ4v) is 1.15. The van der Waals surface area contributed by atoms with Crippen LogP contribution >= 0.6 is 0 Å². The minimum absolute atomic E-state index is 0.163. The van der Waals surface area contributed by atoms with E-state index < -0.39 is 0 Å². The Kier molecular flexibility index (Phi) is 2.56. The summed E-state index contributed by atoms with van der Waals surface area (Å²) in [7, 11) is 0. The fraction of sp³-hybridized carbons (Fsp3) is 0. The third-order valence-electron chi connectivity index (χ3n) is 1.80. The maximum absolute atomic E-state index is 8.63. The number of hydrogen-bond acceptors (Lipinski definition) is 4. The summed E-state index contributed by atoms with van der Waals surface area (Å²) in [6.07, 6.45) is 1.55. The maximum atomic E-state index is 8.63. The zero-order valence-corrected chi connectivity index (χ0v) is 7.88. The Morgan fingerprint density at radius 3 is 2.67 bits per heavy atom. The zero-order valence-electron chi connectivity index (χ0n) is 7.88. The number of nitriles is 1. The van der Waals surface area contributed by atoms with Crippen LogP contribution in [-0.2, 0) is 0 Å². The van der Waals surface area contributed by atoms with Crippen molar-refractivity contribution in [1.29, 1.82) is 5.26 Å². The lowest BCUT2D eigenvalue weighted by atomic mass is 10.3. The van der Waals surface area contributed by atoms with E-state index in [1.807, 2.05) is 36.4 Å². The first kappa shape index (κ1) is 9.16. The van der Waals surface area contributed by atoms with Crippen LogP contribution < -0.4 is 5.32 Å². The van der Waals surface area contributed by atoms with Crippen molar-refractivity contribution < 1.29 is 0 Å². The van der Waals surface area contributed by atoms with Crippen LogP contribution in [0.2, 0.25) is 0 Å². The van der Waals surface area contributed by atoms with E-state index in [1.54, 1.807) is 12.3 Å². The predicted molar refractivity (Wildman–Crippen MR) is 56.5 cm³/mol. The summed E-state index contributed by atoms with van der Waals surface area (Å²) in [6.45, 7) is 0. The quantitative estimate of drug-likeness (QED) is 0.798. The lowest BCUT2D eigenvalue weighted by molar-refractivity contribution is 1.11. The highest BCUT2D eigenvalue weighted by Crippen LogP contribution is 2.12. The van der Waals surface area contributed by atoms with Gasteiger partial charge in [-0.25, -0.2) is 9.97 Å². The van der Waals surface area contributed by atoms with E-state index in [2.05, 4.69) is 15.3 Å². The molecule has 0 fully saturated rings. The van der Waals surface area contributed by atoms with Gasteiger partial charge in [-0.2, -0.15) is 5.26 Å². The van der Waals surface area contributed by atoms with Gasteiger partial charge in [0.05, 0.1) is 0 Å². The Labute approximate surface area is 87.2 Å². The molecule has 0 bridgehead atoms.